The highest BCUT2D eigenvalue weighted by molar-refractivity contribution is 8.00. The van der Waals surface area contributed by atoms with Crippen LogP contribution in [0.2, 0.25) is 0 Å². The number of imidazole rings is 1. The predicted octanol–water partition coefficient (Wildman–Crippen LogP) is 8.36. The standard InChI is InChI=1S/C31H25N5OS/c1-22-11-17-26(18-12-22)38-35-24-15-13-23(14-16-24)33-30-31-34-28(21-36(31)20-19-32-30)27-9-5-6-10-29(27)37-25-7-3-2-4-8-25/h2-21,35H,1H3,(H,32,33). The minimum Gasteiger partial charge on any atom is -0.457 e. The minimum absolute atomic E-state index is 0.676. The van der Waals surface area contributed by atoms with Crippen LogP contribution in [0.5, 0.6) is 11.5 Å². The number of hydrogen-bond donors (Lipinski definition) is 2. The number of fused-ring (bicyclic) bond motifs is 1. The lowest BCUT2D eigenvalue weighted by Crippen LogP contribution is -1.97. The summed E-state index contributed by atoms with van der Waals surface area (Å²) in [6.07, 6.45) is 5.65. The van der Waals surface area contributed by atoms with Crippen LogP contribution in [0.25, 0.3) is 16.9 Å². The van der Waals surface area contributed by atoms with E-state index in [1.807, 2.05) is 95.7 Å². The van der Waals surface area contributed by atoms with Crippen molar-refractivity contribution >= 4 is 34.8 Å². The number of aromatic nitrogens is 3. The average Bonchev–Trinajstić information content (AvgIpc) is 3.40. The quantitative estimate of drug-likeness (QED) is 0.199. The number of aryl methyl sites for hydroxylation is 1. The molecule has 2 aromatic heterocycles. The van der Waals surface area contributed by atoms with Gasteiger partial charge in [-0.25, -0.2) is 9.97 Å². The van der Waals surface area contributed by atoms with Crippen LogP contribution in [0.1, 0.15) is 5.56 Å². The number of nitrogens with zero attached hydrogens (tertiary/aromatic N) is 3. The molecule has 0 aliphatic carbocycles. The number of nitrogens with one attached hydrogen (secondary N) is 2. The molecule has 186 valence electrons. The van der Waals surface area contributed by atoms with E-state index < -0.39 is 0 Å². The van der Waals surface area contributed by atoms with E-state index in [2.05, 4.69) is 46.2 Å². The van der Waals surface area contributed by atoms with Crippen LogP contribution in [0.15, 0.2) is 127 Å². The van der Waals surface area contributed by atoms with Gasteiger partial charge in [-0.1, -0.05) is 48.0 Å². The Bertz CT molecular complexity index is 1670. The lowest BCUT2D eigenvalue weighted by atomic mass is 10.1. The zero-order valence-electron chi connectivity index (χ0n) is 20.7. The third-order valence-electron chi connectivity index (χ3n) is 5.96. The smallest absolute Gasteiger partial charge is 0.181 e. The van der Waals surface area contributed by atoms with Crippen molar-refractivity contribution in [1.29, 1.82) is 0 Å². The Balaban J connectivity index is 1.21. The van der Waals surface area contributed by atoms with Gasteiger partial charge in [-0.3, -0.25) is 0 Å². The molecule has 2 heterocycles. The molecule has 0 amide bonds. The summed E-state index contributed by atoms with van der Waals surface area (Å²) in [4.78, 5) is 10.6. The van der Waals surface area contributed by atoms with Crippen molar-refractivity contribution in [3.63, 3.8) is 0 Å². The van der Waals surface area contributed by atoms with Gasteiger partial charge in [0.25, 0.3) is 0 Å². The Labute approximate surface area is 225 Å². The van der Waals surface area contributed by atoms with Crippen LogP contribution in [-0.2, 0) is 0 Å². The molecule has 0 spiro atoms. The molecule has 0 saturated heterocycles. The average molecular weight is 516 g/mol. The Morgan fingerprint density at radius 2 is 1.53 bits per heavy atom. The van der Waals surface area contributed by atoms with Crippen molar-refractivity contribution < 1.29 is 4.74 Å². The van der Waals surface area contributed by atoms with Gasteiger partial charge in [-0.05, 0) is 79.5 Å². The zero-order chi connectivity index (χ0) is 25.7. The van der Waals surface area contributed by atoms with Gasteiger partial charge < -0.3 is 19.2 Å². The fraction of sp³-hybridized carbons (Fsp3) is 0.0323. The van der Waals surface area contributed by atoms with Crippen LogP contribution in [0.4, 0.5) is 17.2 Å². The fourth-order valence-corrected chi connectivity index (χ4v) is 4.65. The van der Waals surface area contributed by atoms with E-state index in [4.69, 9.17) is 9.72 Å². The number of para-hydroxylation sites is 2. The van der Waals surface area contributed by atoms with Crippen molar-refractivity contribution in [2.24, 2.45) is 0 Å². The van der Waals surface area contributed by atoms with E-state index >= 15 is 0 Å². The first-order valence-electron chi connectivity index (χ1n) is 12.2. The molecule has 38 heavy (non-hydrogen) atoms. The van der Waals surface area contributed by atoms with Gasteiger partial charge in [0.1, 0.15) is 11.5 Å². The molecule has 0 fully saturated rings. The first-order valence-corrected chi connectivity index (χ1v) is 13.1. The van der Waals surface area contributed by atoms with E-state index in [1.54, 1.807) is 18.1 Å². The van der Waals surface area contributed by atoms with E-state index in [0.29, 0.717) is 5.82 Å². The fourth-order valence-electron chi connectivity index (χ4n) is 4.00. The SMILES string of the molecule is Cc1ccc(SNc2ccc(Nc3nccn4cc(-c5ccccc5Oc5ccccc5)nc34)cc2)cc1. The number of hydrogen-bond acceptors (Lipinski definition) is 6. The molecular weight excluding hydrogens is 490 g/mol. The van der Waals surface area contributed by atoms with Gasteiger partial charge in [0.2, 0.25) is 0 Å². The van der Waals surface area contributed by atoms with Crippen LogP contribution < -0.4 is 14.8 Å². The van der Waals surface area contributed by atoms with Crippen LogP contribution in [0, 0.1) is 6.92 Å². The predicted molar refractivity (Wildman–Crippen MR) is 155 cm³/mol. The molecule has 0 saturated carbocycles. The number of anilines is 3. The third kappa shape index (κ3) is 5.33. The Kier molecular flexibility index (Phi) is 6.66. The summed E-state index contributed by atoms with van der Waals surface area (Å²) < 4.78 is 11.5. The number of rotatable bonds is 8. The largest absolute Gasteiger partial charge is 0.457 e. The maximum Gasteiger partial charge on any atom is 0.181 e. The monoisotopic (exact) mass is 515 g/mol. The number of ether oxygens (including phenoxy) is 1. The minimum atomic E-state index is 0.676. The molecule has 2 N–H and O–H groups in total. The molecule has 6 rings (SSSR count). The maximum absolute atomic E-state index is 6.16. The molecule has 4 aromatic carbocycles. The molecule has 0 radical (unpaired) electrons. The second-order valence-corrected chi connectivity index (χ2v) is 9.64. The van der Waals surface area contributed by atoms with Crippen molar-refractivity contribution in [3.05, 3.63) is 127 Å². The molecule has 7 heteroatoms. The molecular formula is C31H25N5OS. The van der Waals surface area contributed by atoms with E-state index in [9.17, 15) is 0 Å². The molecule has 6 nitrogen and oxygen atoms in total. The summed E-state index contributed by atoms with van der Waals surface area (Å²) in [5, 5.41) is 3.41. The Morgan fingerprint density at radius 3 is 2.34 bits per heavy atom. The van der Waals surface area contributed by atoms with E-state index in [1.165, 1.54) is 10.5 Å². The summed E-state index contributed by atoms with van der Waals surface area (Å²) >= 11 is 1.59. The first kappa shape index (κ1) is 23.6. The second-order valence-electron chi connectivity index (χ2n) is 8.76. The van der Waals surface area contributed by atoms with Gasteiger partial charge >= 0.3 is 0 Å². The summed E-state index contributed by atoms with van der Waals surface area (Å²) in [7, 11) is 0. The molecule has 0 aliphatic heterocycles. The highest BCUT2D eigenvalue weighted by Gasteiger charge is 2.14. The van der Waals surface area contributed by atoms with Gasteiger partial charge in [0, 0.05) is 40.4 Å². The normalized spacial score (nSPS) is 10.9. The summed E-state index contributed by atoms with van der Waals surface area (Å²) in [5.41, 5.74) is 5.64. The molecule has 0 unspecified atom stereocenters. The third-order valence-corrected chi connectivity index (χ3v) is 6.81. The molecule has 6 aromatic rings. The molecule has 0 bridgehead atoms. The van der Waals surface area contributed by atoms with E-state index in [-0.39, 0.29) is 0 Å². The highest BCUT2D eigenvalue weighted by atomic mass is 32.2. The van der Waals surface area contributed by atoms with Crippen molar-refractivity contribution in [2.45, 2.75) is 11.8 Å². The van der Waals surface area contributed by atoms with Crippen molar-refractivity contribution in [3.8, 4) is 22.8 Å². The van der Waals surface area contributed by atoms with Crippen LogP contribution in [0.3, 0.4) is 0 Å². The van der Waals surface area contributed by atoms with Crippen molar-refractivity contribution in [1.82, 2.24) is 14.4 Å². The number of benzene rings is 4. The summed E-state index contributed by atoms with van der Waals surface area (Å²) in [6.45, 7) is 2.09. The Hall–Kier alpha value is -4.75. The lowest BCUT2D eigenvalue weighted by Gasteiger charge is -2.09. The second kappa shape index (κ2) is 10.7. The Morgan fingerprint density at radius 1 is 0.789 bits per heavy atom. The molecule has 0 aliphatic rings. The van der Waals surface area contributed by atoms with Gasteiger partial charge in [-0.2, -0.15) is 0 Å². The van der Waals surface area contributed by atoms with Crippen LogP contribution in [-0.4, -0.2) is 14.4 Å². The van der Waals surface area contributed by atoms with Gasteiger partial charge in [0.05, 0.1) is 5.69 Å². The van der Waals surface area contributed by atoms with E-state index in [0.717, 1.165) is 39.8 Å². The highest BCUT2D eigenvalue weighted by Crippen LogP contribution is 2.34. The topological polar surface area (TPSA) is 63.5 Å². The molecule has 0 atom stereocenters. The maximum atomic E-state index is 6.16. The first-order chi connectivity index (χ1) is 18.7. The van der Waals surface area contributed by atoms with Crippen molar-refractivity contribution in [2.75, 3.05) is 10.0 Å². The zero-order valence-corrected chi connectivity index (χ0v) is 21.5. The summed E-state index contributed by atoms with van der Waals surface area (Å²) in [6, 6.07) is 34.3. The lowest BCUT2D eigenvalue weighted by molar-refractivity contribution is 0.484. The summed E-state index contributed by atoms with van der Waals surface area (Å²) in [5.74, 6) is 2.20. The van der Waals surface area contributed by atoms with Gasteiger partial charge in [0.15, 0.2) is 11.5 Å². The van der Waals surface area contributed by atoms with Gasteiger partial charge in [-0.15, -0.1) is 0 Å². The van der Waals surface area contributed by atoms with Crippen LogP contribution >= 0.6 is 11.9 Å².